The van der Waals surface area contributed by atoms with Gasteiger partial charge in [0.2, 0.25) is 0 Å². The summed E-state index contributed by atoms with van der Waals surface area (Å²) in [6.45, 7) is 5.27. The van der Waals surface area contributed by atoms with Gasteiger partial charge in [0, 0.05) is 11.3 Å². The first-order valence-electron chi connectivity index (χ1n) is 7.12. The monoisotopic (exact) mass is 317 g/mol. The number of carbonyl (C=O) groups excluding carboxylic acids is 1. The number of hydrogen-bond donors (Lipinski definition) is 3. The number of carboxylic acids is 1. The van der Waals surface area contributed by atoms with Crippen molar-refractivity contribution >= 4 is 23.3 Å². The molecule has 0 radical (unpaired) electrons. The van der Waals surface area contributed by atoms with Gasteiger partial charge in [-0.15, -0.1) is 0 Å². The fourth-order valence-electron chi connectivity index (χ4n) is 2.40. The summed E-state index contributed by atoms with van der Waals surface area (Å²) in [5.41, 5.74) is 3.08. The molecule has 0 atom stereocenters. The Balaban J connectivity index is 2.51. The summed E-state index contributed by atoms with van der Waals surface area (Å²) in [6, 6.07) is 5.44. The van der Waals surface area contributed by atoms with Crippen LogP contribution in [-0.2, 0) is 16.1 Å². The van der Waals surface area contributed by atoms with Gasteiger partial charge in [0.05, 0.1) is 6.54 Å². The number of nitrogens with one attached hydrogen (secondary N) is 1. The van der Waals surface area contributed by atoms with Crippen molar-refractivity contribution in [3.63, 3.8) is 0 Å². The molecule has 0 aromatic heterocycles. The number of hydrogen-bond acceptors (Lipinski definition) is 5. The van der Waals surface area contributed by atoms with Gasteiger partial charge in [-0.1, -0.05) is 18.2 Å². The van der Waals surface area contributed by atoms with Crippen LogP contribution in [0.5, 0.6) is 0 Å². The number of fused-ring (bicyclic) bond motifs is 1. The van der Waals surface area contributed by atoms with Gasteiger partial charge in [-0.3, -0.25) is 14.6 Å². The van der Waals surface area contributed by atoms with Crippen LogP contribution in [0.4, 0.5) is 0 Å². The Morgan fingerprint density at radius 1 is 1.35 bits per heavy atom. The first kappa shape index (κ1) is 16.5. The topological polar surface area (TPSA) is 102 Å². The van der Waals surface area contributed by atoms with E-state index in [1.165, 1.54) is 5.01 Å². The lowest BCUT2D eigenvalue weighted by atomic mass is 9.96. The van der Waals surface area contributed by atoms with Crippen molar-refractivity contribution < 1.29 is 19.8 Å². The molecule has 23 heavy (non-hydrogen) atoms. The normalized spacial score (nSPS) is 13.4. The maximum absolute atomic E-state index is 12.3. The number of aliphatic hydroxyl groups excluding tert-OH is 1. The molecule has 3 N–H and O–H groups in total. The van der Waals surface area contributed by atoms with Crippen molar-refractivity contribution in [2.45, 2.75) is 27.3 Å². The molecular formula is C16H19N3O4. The summed E-state index contributed by atoms with van der Waals surface area (Å²) < 4.78 is 0. The Morgan fingerprint density at radius 2 is 2.04 bits per heavy atom. The highest BCUT2D eigenvalue weighted by molar-refractivity contribution is 6.01. The zero-order chi connectivity index (χ0) is 17.1. The number of aryl methyl sites for hydroxylation is 1. The lowest BCUT2D eigenvalue weighted by molar-refractivity contribution is -0.137. The first-order valence-corrected chi connectivity index (χ1v) is 7.12. The molecule has 0 saturated carbocycles. The molecule has 1 aromatic rings. The van der Waals surface area contributed by atoms with E-state index in [0.717, 1.165) is 11.1 Å². The third-order valence-electron chi connectivity index (χ3n) is 3.39. The SMILES string of the molecule is CC(C)=NN1Cc2c(C)cccc2C(O)=C1C(=O)NCC(=O)O. The van der Waals surface area contributed by atoms with Crippen LogP contribution in [0.1, 0.15) is 30.5 Å². The van der Waals surface area contributed by atoms with Crippen molar-refractivity contribution in [3.8, 4) is 0 Å². The molecule has 0 unspecified atom stereocenters. The number of aliphatic hydroxyl groups is 1. The van der Waals surface area contributed by atoms with Crippen LogP contribution in [-0.4, -0.2) is 39.4 Å². The lowest BCUT2D eigenvalue weighted by Gasteiger charge is -2.29. The lowest BCUT2D eigenvalue weighted by Crippen LogP contribution is -2.38. The van der Waals surface area contributed by atoms with E-state index in [-0.39, 0.29) is 11.5 Å². The molecule has 1 amide bonds. The van der Waals surface area contributed by atoms with E-state index in [1.807, 2.05) is 13.0 Å². The van der Waals surface area contributed by atoms with Gasteiger partial charge >= 0.3 is 5.97 Å². The molecule has 2 rings (SSSR count). The van der Waals surface area contributed by atoms with Crippen molar-refractivity contribution in [1.82, 2.24) is 10.3 Å². The third-order valence-corrected chi connectivity index (χ3v) is 3.39. The second-order valence-electron chi connectivity index (χ2n) is 5.48. The van der Waals surface area contributed by atoms with Gasteiger partial charge in [0.15, 0.2) is 11.5 Å². The molecule has 1 heterocycles. The smallest absolute Gasteiger partial charge is 0.322 e. The molecule has 122 valence electrons. The maximum Gasteiger partial charge on any atom is 0.322 e. The Hall–Kier alpha value is -2.83. The fraction of sp³-hybridized carbons (Fsp3) is 0.312. The highest BCUT2D eigenvalue weighted by Crippen LogP contribution is 2.32. The highest BCUT2D eigenvalue weighted by Gasteiger charge is 2.30. The quantitative estimate of drug-likeness (QED) is 0.733. The maximum atomic E-state index is 12.3. The van der Waals surface area contributed by atoms with E-state index in [9.17, 15) is 14.7 Å². The fourth-order valence-corrected chi connectivity index (χ4v) is 2.40. The van der Waals surface area contributed by atoms with Crippen LogP contribution in [0.3, 0.4) is 0 Å². The van der Waals surface area contributed by atoms with Crippen LogP contribution in [0.2, 0.25) is 0 Å². The minimum absolute atomic E-state index is 0.0504. The Kier molecular flexibility index (Phi) is 4.68. The predicted octanol–water partition coefficient (Wildman–Crippen LogP) is 1.63. The number of rotatable bonds is 4. The number of benzene rings is 1. The molecule has 0 spiro atoms. The molecular weight excluding hydrogens is 298 g/mol. The van der Waals surface area contributed by atoms with Gasteiger partial charge in [-0.25, -0.2) is 0 Å². The molecule has 0 saturated heterocycles. The molecule has 0 fully saturated rings. The second-order valence-corrected chi connectivity index (χ2v) is 5.48. The largest absolute Gasteiger partial charge is 0.505 e. The number of aliphatic carboxylic acids is 1. The van der Waals surface area contributed by atoms with E-state index in [0.29, 0.717) is 17.8 Å². The molecule has 7 nitrogen and oxygen atoms in total. The number of hydrazone groups is 1. The van der Waals surface area contributed by atoms with Crippen LogP contribution < -0.4 is 5.32 Å². The summed E-state index contributed by atoms with van der Waals surface area (Å²) >= 11 is 0. The van der Waals surface area contributed by atoms with Crippen molar-refractivity contribution in [1.29, 1.82) is 0 Å². The van der Waals surface area contributed by atoms with Gasteiger partial charge in [0.25, 0.3) is 5.91 Å². The van der Waals surface area contributed by atoms with Crippen molar-refractivity contribution in [2.24, 2.45) is 5.10 Å². The van der Waals surface area contributed by atoms with E-state index in [1.54, 1.807) is 26.0 Å². The van der Waals surface area contributed by atoms with E-state index in [4.69, 9.17) is 5.11 Å². The number of amides is 1. The average Bonchev–Trinajstić information content (AvgIpc) is 2.45. The summed E-state index contributed by atoms with van der Waals surface area (Å²) in [7, 11) is 0. The van der Waals surface area contributed by atoms with Gasteiger partial charge in [-0.05, 0) is 31.9 Å². The van der Waals surface area contributed by atoms with E-state index >= 15 is 0 Å². The minimum atomic E-state index is -1.16. The minimum Gasteiger partial charge on any atom is -0.505 e. The summed E-state index contributed by atoms with van der Waals surface area (Å²) in [6.07, 6.45) is 0. The second kappa shape index (κ2) is 6.51. The number of carbonyl (C=O) groups is 2. The van der Waals surface area contributed by atoms with Gasteiger partial charge < -0.3 is 15.5 Å². The Morgan fingerprint density at radius 3 is 2.65 bits per heavy atom. The van der Waals surface area contributed by atoms with E-state index in [2.05, 4.69) is 10.4 Å². The number of nitrogens with zero attached hydrogens (tertiary/aromatic N) is 2. The summed E-state index contributed by atoms with van der Waals surface area (Å²) in [5.74, 6) is -2.04. The van der Waals surface area contributed by atoms with E-state index < -0.39 is 18.4 Å². The molecule has 1 aliphatic heterocycles. The third kappa shape index (κ3) is 3.50. The van der Waals surface area contributed by atoms with Gasteiger partial charge in [-0.2, -0.15) is 5.10 Å². The van der Waals surface area contributed by atoms with Crippen LogP contribution in [0, 0.1) is 6.92 Å². The number of carboxylic acid groups (broad SMARTS) is 1. The summed E-state index contributed by atoms with van der Waals surface area (Å²) in [4.78, 5) is 22.9. The summed E-state index contributed by atoms with van der Waals surface area (Å²) in [5, 5.41) is 27.2. The Bertz CT molecular complexity index is 718. The molecule has 0 bridgehead atoms. The zero-order valence-electron chi connectivity index (χ0n) is 13.3. The van der Waals surface area contributed by atoms with Gasteiger partial charge in [0.1, 0.15) is 6.54 Å². The first-order chi connectivity index (χ1) is 10.8. The molecule has 1 aromatic carbocycles. The molecule has 0 aliphatic carbocycles. The van der Waals surface area contributed by atoms with Crippen molar-refractivity contribution in [2.75, 3.05) is 6.54 Å². The highest BCUT2D eigenvalue weighted by atomic mass is 16.4. The van der Waals surface area contributed by atoms with Crippen LogP contribution in [0.15, 0.2) is 29.0 Å². The average molecular weight is 317 g/mol. The molecule has 7 heteroatoms. The van der Waals surface area contributed by atoms with Crippen molar-refractivity contribution in [3.05, 3.63) is 40.6 Å². The van der Waals surface area contributed by atoms with Crippen LogP contribution in [0.25, 0.3) is 5.76 Å². The van der Waals surface area contributed by atoms with Crippen LogP contribution >= 0.6 is 0 Å². The predicted molar refractivity (Wildman–Crippen MR) is 85.7 cm³/mol. The standard InChI is InChI=1S/C16H19N3O4/c1-9(2)18-19-8-12-10(3)5-4-6-11(12)15(22)14(19)16(23)17-7-13(20)21/h4-6,22H,7-8H2,1-3H3,(H,17,23)(H,20,21). The zero-order valence-corrected chi connectivity index (χ0v) is 13.3. The molecule has 1 aliphatic rings. The Labute approximate surface area is 133 Å².